The maximum absolute atomic E-state index is 11.2. The predicted molar refractivity (Wildman–Crippen MR) is 74.1 cm³/mol. The average Bonchev–Trinajstić information content (AvgIpc) is 2.35. The third-order valence-electron chi connectivity index (χ3n) is 2.66. The molecule has 4 heteroatoms. The Balaban J connectivity index is 2.45. The van der Waals surface area contributed by atoms with Crippen molar-refractivity contribution < 1.29 is 9.53 Å². The normalized spacial score (nSPS) is 9.94. The van der Waals surface area contributed by atoms with E-state index in [1.165, 1.54) is 5.56 Å². The number of rotatable bonds is 6. The number of hydrogen-bond acceptors (Lipinski definition) is 3. The summed E-state index contributed by atoms with van der Waals surface area (Å²) in [5.74, 6) is 0. The summed E-state index contributed by atoms with van der Waals surface area (Å²) in [6, 6.07) is 8.32. The van der Waals surface area contributed by atoms with Crippen molar-refractivity contribution in [3.8, 4) is 0 Å². The molecule has 0 saturated heterocycles. The monoisotopic (exact) mass is 250 g/mol. The lowest BCUT2D eigenvalue weighted by atomic mass is 10.2. The highest BCUT2D eigenvalue weighted by atomic mass is 16.5. The molecule has 0 unspecified atom stereocenters. The van der Waals surface area contributed by atoms with E-state index in [-0.39, 0.29) is 6.09 Å². The molecule has 4 nitrogen and oxygen atoms in total. The number of benzene rings is 1. The molecular formula is C14H22N2O2. The number of carbonyl (C=O) groups is 1. The molecule has 1 aromatic rings. The van der Waals surface area contributed by atoms with Crippen LogP contribution >= 0.6 is 0 Å². The fourth-order valence-electron chi connectivity index (χ4n) is 1.74. The maximum Gasteiger partial charge on any atom is 0.407 e. The van der Waals surface area contributed by atoms with Crippen molar-refractivity contribution in [3.63, 3.8) is 0 Å². The van der Waals surface area contributed by atoms with Crippen molar-refractivity contribution in [2.45, 2.75) is 20.8 Å². The van der Waals surface area contributed by atoms with E-state index in [1.807, 2.05) is 13.0 Å². The van der Waals surface area contributed by atoms with Gasteiger partial charge in [0.1, 0.15) is 6.61 Å². The van der Waals surface area contributed by atoms with Gasteiger partial charge in [0, 0.05) is 18.8 Å². The van der Waals surface area contributed by atoms with Crippen LogP contribution in [0.25, 0.3) is 0 Å². The van der Waals surface area contributed by atoms with E-state index < -0.39 is 0 Å². The van der Waals surface area contributed by atoms with E-state index in [1.54, 1.807) is 0 Å². The lowest BCUT2D eigenvalue weighted by Crippen LogP contribution is -2.31. The largest absolute Gasteiger partial charge is 0.448 e. The van der Waals surface area contributed by atoms with Crippen LogP contribution in [0, 0.1) is 6.92 Å². The fourth-order valence-corrected chi connectivity index (χ4v) is 1.74. The second kappa shape index (κ2) is 7.58. The topological polar surface area (TPSA) is 41.6 Å². The number of anilines is 1. The average molecular weight is 250 g/mol. The zero-order valence-corrected chi connectivity index (χ0v) is 11.4. The van der Waals surface area contributed by atoms with Gasteiger partial charge in [-0.05, 0) is 38.5 Å². The van der Waals surface area contributed by atoms with Crippen LogP contribution in [-0.4, -0.2) is 32.3 Å². The summed E-state index contributed by atoms with van der Waals surface area (Å²) < 4.78 is 5.07. The summed E-state index contributed by atoms with van der Waals surface area (Å²) in [4.78, 5) is 13.3. The Morgan fingerprint density at radius 2 is 2.17 bits per heavy atom. The molecule has 0 fully saturated rings. The summed E-state index contributed by atoms with van der Waals surface area (Å²) in [7, 11) is 0. The van der Waals surface area contributed by atoms with E-state index in [2.05, 4.69) is 42.3 Å². The van der Waals surface area contributed by atoms with E-state index >= 15 is 0 Å². The van der Waals surface area contributed by atoms with Crippen molar-refractivity contribution in [2.24, 2.45) is 0 Å². The highest BCUT2D eigenvalue weighted by Gasteiger charge is 2.06. The summed E-state index contributed by atoms with van der Waals surface area (Å²) in [6.07, 6.45) is -0.349. The molecule has 0 aliphatic carbocycles. The Hall–Kier alpha value is -1.71. The summed E-state index contributed by atoms with van der Waals surface area (Å²) in [5.41, 5.74) is 2.40. The highest BCUT2D eigenvalue weighted by molar-refractivity contribution is 5.67. The van der Waals surface area contributed by atoms with Crippen molar-refractivity contribution in [3.05, 3.63) is 29.8 Å². The minimum Gasteiger partial charge on any atom is -0.448 e. The van der Waals surface area contributed by atoms with Gasteiger partial charge in [-0.3, -0.25) is 0 Å². The zero-order valence-electron chi connectivity index (χ0n) is 11.4. The van der Waals surface area contributed by atoms with Gasteiger partial charge >= 0.3 is 6.09 Å². The molecule has 0 atom stereocenters. The molecule has 0 aliphatic heterocycles. The first-order chi connectivity index (χ1) is 8.67. The van der Waals surface area contributed by atoms with Crippen LogP contribution in [0.5, 0.6) is 0 Å². The number of alkyl carbamates (subject to hydrolysis) is 1. The molecule has 0 aromatic heterocycles. The van der Waals surface area contributed by atoms with Crippen LogP contribution in [0.3, 0.4) is 0 Å². The highest BCUT2D eigenvalue weighted by Crippen LogP contribution is 2.15. The van der Waals surface area contributed by atoms with Gasteiger partial charge in [0.2, 0.25) is 0 Å². The minimum atomic E-state index is -0.349. The maximum atomic E-state index is 11.2. The zero-order chi connectivity index (χ0) is 13.4. The number of nitrogens with one attached hydrogen (secondary N) is 1. The Morgan fingerprint density at radius 1 is 1.39 bits per heavy atom. The Morgan fingerprint density at radius 3 is 2.78 bits per heavy atom. The third kappa shape index (κ3) is 4.65. The second-order valence-corrected chi connectivity index (χ2v) is 4.08. The van der Waals surface area contributed by atoms with Crippen LogP contribution in [0.2, 0.25) is 0 Å². The minimum absolute atomic E-state index is 0.349. The summed E-state index contributed by atoms with van der Waals surface area (Å²) in [5, 5.41) is 2.61. The predicted octanol–water partition coefficient (Wildman–Crippen LogP) is 2.57. The van der Waals surface area contributed by atoms with Gasteiger partial charge in [-0.25, -0.2) is 4.79 Å². The second-order valence-electron chi connectivity index (χ2n) is 4.08. The number of aryl methyl sites for hydroxylation is 1. The molecular weight excluding hydrogens is 228 g/mol. The van der Waals surface area contributed by atoms with Crippen molar-refractivity contribution >= 4 is 11.8 Å². The Bertz CT molecular complexity index is 380. The number of nitrogens with zero attached hydrogens (tertiary/aromatic N) is 1. The third-order valence-corrected chi connectivity index (χ3v) is 2.66. The van der Waals surface area contributed by atoms with Crippen LogP contribution < -0.4 is 10.2 Å². The molecule has 0 aliphatic rings. The van der Waals surface area contributed by atoms with E-state index in [4.69, 9.17) is 4.74 Å². The van der Waals surface area contributed by atoms with Gasteiger partial charge in [-0.1, -0.05) is 12.1 Å². The van der Waals surface area contributed by atoms with E-state index in [0.29, 0.717) is 19.7 Å². The number of ether oxygens (including phenoxy) is 1. The van der Waals surface area contributed by atoms with Gasteiger partial charge in [-0.15, -0.1) is 0 Å². The van der Waals surface area contributed by atoms with Crippen molar-refractivity contribution in [2.75, 3.05) is 31.1 Å². The first-order valence-corrected chi connectivity index (χ1v) is 6.39. The van der Waals surface area contributed by atoms with Gasteiger partial charge in [-0.2, -0.15) is 0 Å². The molecule has 0 heterocycles. The smallest absolute Gasteiger partial charge is 0.407 e. The van der Waals surface area contributed by atoms with E-state index in [0.717, 1.165) is 12.2 Å². The van der Waals surface area contributed by atoms with Crippen molar-refractivity contribution in [1.29, 1.82) is 0 Å². The van der Waals surface area contributed by atoms with E-state index in [9.17, 15) is 4.79 Å². The fraction of sp³-hybridized carbons (Fsp3) is 0.500. The Kier molecular flexibility index (Phi) is 6.05. The Labute approximate surface area is 109 Å². The first kappa shape index (κ1) is 14.4. The molecule has 0 saturated carbocycles. The van der Waals surface area contributed by atoms with Gasteiger partial charge in [0.25, 0.3) is 0 Å². The molecule has 0 bridgehead atoms. The van der Waals surface area contributed by atoms with Crippen LogP contribution in [-0.2, 0) is 4.74 Å². The summed E-state index contributed by atoms with van der Waals surface area (Å²) in [6.45, 7) is 8.62. The number of amides is 1. The number of carbonyl (C=O) groups excluding carboxylic acids is 1. The molecule has 1 rings (SSSR count). The van der Waals surface area contributed by atoms with Crippen LogP contribution in [0.4, 0.5) is 10.5 Å². The van der Waals surface area contributed by atoms with Gasteiger partial charge < -0.3 is 15.0 Å². The molecule has 18 heavy (non-hydrogen) atoms. The van der Waals surface area contributed by atoms with Gasteiger partial charge in [0.15, 0.2) is 0 Å². The molecule has 1 amide bonds. The molecule has 0 radical (unpaired) electrons. The quantitative estimate of drug-likeness (QED) is 0.843. The van der Waals surface area contributed by atoms with Crippen molar-refractivity contribution in [1.82, 2.24) is 5.32 Å². The van der Waals surface area contributed by atoms with Crippen LogP contribution in [0.1, 0.15) is 19.4 Å². The summed E-state index contributed by atoms with van der Waals surface area (Å²) >= 11 is 0. The molecule has 1 aromatic carbocycles. The lowest BCUT2D eigenvalue weighted by Gasteiger charge is -2.23. The first-order valence-electron chi connectivity index (χ1n) is 6.39. The molecule has 1 N–H and O–H groups in total. The lowest BCUT2D eigenvalue weighted by molar-refractivity contribution is 0.149. The number of likely N-dealkylation sites (N-methyl/N-ethyl adjacent to an activating group) is 1. The number of hydrogen-bond donors (Lipinski definition) is 1. The molecule has 0 spiro atoms. The molecule has 100 valence electrons. The SMILES string of the molecule is CCNC(=O)OCCN(CC)c1cccc(C)c1. The standard InChI is InChI=1S/C14H22N2O2/c1-4-15-14(17)18-10-9-16(5-2)13-8-6-7-12(3)11-13/h6-8,11H,4-5,9-10H2,1-3H3,(H,15,17). The van der Waals surface area contributed by atoms with Crippen LogP contribution in [0.15, 0.2) is 24.3 Å². The van der Waals surface area contributed by atoms with Gasteiger partial charge in [0.05, 0.1) is 6.54 Å².